The second-order valence-corrected chi connectivity index (χ2v) is 8.31. The number of benzene rings is 2. The van der Waals surface area contributed by atoms with Gasteiger partial charge in [0.25, 0.3) is 0 Å². The maximum atomic E-state index is 14.2. The van der Waals surface area contributed by atoms with E-state index in [4.69, 9.17) is 15.6 Å². The predicted octanol–water partition coefficient (Wildman–Crippen LogP) is 4.07. The number of fused-ring (bicyclic) bond motifs is 1. The minimum atomic E-state index is -1.22. The number of nitrogens with two attached hydrogens (primary N) is 1. The number of carbonyl (C=O) groups is 1. The summed E-state index contributed by atoms with van der Waals surface area (Å²) in [5.74, 6) is 6.25. The normalized spacial score (nSPS) is 17.7. The van der Waals surface area contributed by atoms with Crippen LogP contribution in [0, 0.1) is 11.7 Å². The number of carbonyl (C=O) groups excluding carboxylic acids is 1. The fraction of sp³-hybridized carbons (Fsp3) is 0.348. The van der Waals surface area contributed by atoms with E-state index in [1.54, 1.807) is 24.3 Å². The molecule has 1 aliphatic heterocycles. The lowest BCUT2D eigenvalue weighted by molar-refractivity contribution is 0.0313. The molecule has 176 valence electrons. The van der Waals surface area contributed by atoms with Crippen molar-refractivity contribution in [1.29, 1.82) is 0 Å². The van der Waals surface area contributed by atoms with Gasteiger partial charge in [-0.05, 0) is 55.6 Å². The highest BCUT2D eigenvalue weighted by Gasteiger charge is 2.46. The van der Waals surface area contributed by atoms with E-state index < -0.39 is 17.6 Å². The zero-order chi connectivity index (χ0) is 22.9. The highest BCUT2D eigenvalue weighted by molar-refractivity contribution is 5.85. The molecule has 1 aromatic heterocycles. The standard InChI is InChI=1S/C23H26FN5O3.ClH/c1-14(2)13-32-22(31)29(25)23(10-5-11-26-23)20-17-12-15(24)8-9-18(17)27-21(28-20)16-6-3-4-7-19(16)30;/h3-4,6-9,12,14,26,30H,5,10-11,13,25H2,1-2H3;1H/t23-;/m1./s1. The first-order valence-electron chi connectivity index (χ1n) is 10.5. The summed E-state index contributed by atoms with van der Waals surface area (Å²) in [6, 6.07) is 10.9. The zero-order valence-electron chi connectivity index (χ0n) is 18.4. The fourth-order valence-corrected chi connectivity index (χ4v) is 3.91. The van der Waals surface area contributed by atoms with Crippen molar-refractivity contribution in [3.05, 3.63) is 54.0 Å². The Labute approximate surface area is 197 Å². The van der Waals surface area contributed by atoms with E-state index in [9.17, 15) is 14.3 Å². The third-order valence-electron chi connectivity index (χ3n) is 5.48. The van der Waals surface area contributed by atoms with Crippen LogP contribution in [0.15, 0.2) is 42.5 Å². The Bertz CT molecular complexity index is 1150. The number of hydrogen-bond acceptors (Lipinski definition) is 7. The summed E-state index contributed by atoms with van der Waals surface area (Å²) in [7, 11) is 0. The lowest BCUT2D eigenvalue weighted by Gasteiger charge is -2.37. The fourth-order valence-electron chi connectivity index (χ4n) is 3.91. The summed E-state index contributed by atoms with van der Waals surface area (Å²) < 4.78 is 19.6. The first-order valence-corrected chi connectivity index (χ1v) is 10.5. The van der Waals surface area contributed by atoms with E-state index in [-0.39, 0.29) is 36.5 Å². The minimum absolute atomic E-state index is 0. The molecule has 2 heterocycles. The molecule has 1 amide bonds. The van der Waals surface area contributed by atoms with Gasteiger partial charge in [0.2, 0.25) is 0 Å². The van der Waals surface area contributed by atoms with Crippen LogP contribution in [0.25, 0.3) is 22.3 Å². The van der Waals surface area contributed by atoms with Crippen LogP contribution in [0.3, 0.4) is 0 Å². The Morgan fingerprint density at radius 3 is 2.73 bits per heavy atom. The molecule has 1 fully saturated rings. The molecule has 33 heavy (non-hydrogen) atoms. The molecule has 0 saturated carbocycles. The van der Waals surface area contributed by atoms with E-state index in [0.717, 1.165) is 11.4 Å². The van der Waals surface area contributed by atoms with Crippen LogP contribution in [-0.4, -0.2) is 39.3 Å². The van der Waals surface area contributed by atoms with Crippen molar-refractivity contribution in [3.8, 4) is 17.1 Å². The number of nitrogens with zero attached hydrogens (tertiary/aromatic N) is 3. The molecule has 10 heteroatoms. The molecule has 2 aromatic carbocycles. The number of phenols is 1. The van der Waals surface area contributed by atoms with Crippen LogP contribution in [0.2, 0.25) is 0 Å². The number of nitrogens with one attached hydrogen (secondary N) is 1. The van der Waals surface area contributed by atoms with Gasteiger partial charge < -0.3 is 9.84 Å². The van der Waals surface area contributed by atoms with Crippen LogP contribution in [-0.2, 0) is 10.4 Å². The molecular formula is C23H27ClFN5O3. The Balaban J connectivity index is 0.00000306. The van der Waals surface area contributed by atoms with Gasteiger partial charge >= 0.3 is 6.09 Å². The van der Waals surface area contributed by atoms with E-state index in [1.165, 1.54) is 18.2 Å². The van der Waals surface area contributed by atoms with Crippen LogP contribution in [0.5, 0.6) is 5.75 Å². The molecule has 1 saturated heterocycles. The molecule has 3 aromatic rings. The number of phenolic OH excluding ortho intramolecular Hbond substituents is 1. The van der Waals surface area contributed by atoms with Crippen LogP contribution in [0.4, 0.5) is 9.18 Å². The van der Waals surface area contributed by atoms with Crippen molar-refractivity contribution in [1.82, 2.24) is 20.3 Å². The number of amides is 1. The smallest absolute Gasteiger partial charge is 0.426 e. The van der Waals surface area contributed by atoms with Gasteiger partial charge in [0.1, 0.15) is 11.6 Å². The van der Waals surface area contributed by atoms with Crippen LogP contribution >= 0.6 is 12.4 Å². The number of hydrazine groups is 1. The average molecular weight is 476 g/mol. The Morgan fingerprint density at radius 1 is 1.30 bits per heavy atom. The predicted molar refractivity (Wildman–Crippen MR) is 125 cm³/mol. The molecule has 1 atom stereocenters. The Morgan fingerprint density at radius 2 is 2.06 bits per heavy atom. The van der Waals surface area contributed by atoms with Crippen molar-refractivity contribution in [2.24, 2.45) is 11.8 Å². The van der Waals surface area contributed by atoms with Crippen molar-refractivity contribution in [3.63, 3.8) is 0 Å². The maximum absolute atomic E-state index is 14.2. The lowest BCUT2D eigenvalue weighted by Crippen LogP contribution is -2.59. The summed E-state index contributed by atoms with van der Waals surface area (Å²) in [4.78, 5) is 22.0. The molecule has 1 aliphatic rings. The summed E-state index contributed by atoms with van der Waals surface area (Å²) in [6.45, 7) is 4.65. The van der Waals surface area contributed by atoms with Gasteiger partial charge in [-0.1, -0.05) is 26.0 Å². The van der Waals surface area contributed by atoms with E-state index in [2.05, 4.69) is 10.3 Å². The van der Waals surface area contributed by atoms with E-state index in [0.29, 0.717) is 35.1 Å². The first-order chi connectivity index (χ1) is 15.3. The Kier molecular flexibility index (Phi) is 7.36. The monoisotopic (exact) mass is 475 g/mol. The summed E-state index contributed by atoms with van der Waals surface area (Å²) in [5.41, 5.74) is 0.00913. The quantitative estimate of drug-likeness (QED) is 0.289. The third kappa shape index (κ3) is 4.71. The topological polar surface area (TPSA) is 114 Å². The van der Waals surface area contributed by atoms with E-state index in [1.807, 2.05) is 13.8 Å². The highest BCUT2D eigenvalue weighted by atomic mass is 35.5. The summed E-state index contributed by atoms with van der Waals surface area (Å²) in [6.07, 6.45) is 0.460. The molecule has 0 spiro atoms. The number of para-hydroxylation sites is 1. The van der Waals surface area contributed by atoms with Crippen molar-refractivity contribution >= 4 is 29.4 Å². The SMILES string of the molecule is CC(C)COC(=O)N(N)[C@@]1(c2nc(-c3ccccc3O)nc3ccc(F)cc23)CCCN1.Cl. The van der Waals surface area contributed by atoms with Gasteiger partial charge in [0.15, 0.2) is 11.5 Å². The highest BCUT2D eigenvalue weighted by Crippen LogP contribution is 2.38. The largest absolute Gasteiger partial charge is 0.507 e. The van der Waals surface area contributed by atoms with Gasteiger partial charge in [-0.15, -0.1) is 12.4 Å². The van der Waals surface area contributed by atoms with E-state index >= 15 is 0 Å². The number of aromatic hydroxyl groups is 1. The van der Waals surface area contributed by atoms with Gasteiger partial charge in [-0.25, -0.2) is 30.0 Å². The van der Waals surface area contributed by atoms with Gasteiger partial charge in [0.05, 0.1) is 23.4 Å². The average Bonchev–Trinajstić information content (AvgIpc) is 3.27. The van der Waals surface area contributed by atoms with Crippen LogP contribution in [0.1, 0.15) is 32.4 Å². The molecule has 0 unspecified atom stereocenters. The molecule has 4 rings (SSSR count). The van der Waals surface area contributed by atoms with Gasteiger partial charge in [-0.2, -0.15) is 0 Å². The van der Waals surface area contributed by atoms with Crippen molar-refractivity contribution < 1.29 is 19.0 Å². The first kappa shape index (κ1) is 24.6. The maximum Gasteiger partial charge on any atom is 0.426 e. The van der Waals surface area contributed by atoms with Crippen molar-refractivity contribution in [2.45, 2.75) is 32.4 Å². The van der Waals surface area contributed by atoms with Gasteiger partial charge in [0, 0.05) is 5.39 Å². The van der Waals surface area contributed by atoms with Crippen LogP contribution < -0.4 is 11.2 Å². The summed E-state index contributed by atoms with van der Waals surface area (Å²) >= 11 is 0. The second-order valence-electron chi connectivity index (χ2n) is 8.31. The summed E-state index contributed by atoms with van der Waals surface area (Å²) in [5, 5.41) is 15.1. The molecule has 4 N–H and O–H groups in total. The number of ether oxygens (including phenoxy) is 1. The molecule has 8 nitrogen and oxygen atoms in total. The Hall–Kier alpha value is -3.01. The number of hydrogen-bond donors (Lipinski definition) is 3. The lowest BCUT2D eigenvalue weighted by atomic mass is 9.97. The van der Waals surface area contributed by atoms with Crippen molar-refractivity contribution in [2.75, 3.05) is 13.2 Å². The molecular weight excluding hydrogens is 449 g/mol. The number of rotatable bonds is 5. The van der Waals surface area contributed by atoms with Gasteiger partial charge in [-0.3, -0.25) is 5.32 Å². The molecule has 0 radical (unpaired) electrons. The zero-order valence-corrected chi connectivity index (χ0v) is 19.2. The molecule has 0 bridgehead atoms. The minimum Gasteiger partial charge on any atom is -0.507 e. The second kappa shape index (κ2) is 9.86. The number of aromatic nitrogens is 2. The number of halogens is 2. The third-order valence-corrected chi connectivity index (χ3v) is 5.48. The molecule has 0 aliphatic carbocycles.